The zero-order valence-corrected chi connectivity index (χ0v) is 6.91. The fraction of sp³-hybridized carbons (Fsp3) is 0.125. The van der Waals surface area contributed by atoms with Gasteiger partial charge in [-0.2, -0.15) is 0 Å². The summed E-state index contributed by atoms with van der Waals surface area (Å²) in [4.78, 5) is 4.35. The van der Waals surface area contributed by atoms with E-state index in [4.69, 9.17) is 0 Å². The first-order valence-corrected chi connectivity index (χ1v) is 3.97. The Morgan fingerprint density at radius 2 is 2.00 bits per heavy atom. The molecule has 2 N–H and O–H groups in total. The number of hydrogen-bond donors (Lipinski definition) is 2. The maximum absolute atomic E-state index is 4.35. The largest absolute Gasteiger partial charge is 0.414 e. The molecule has 60 valence electrons. The standard InChI is InChI=1S/C8H10BN3/c1-7-10-9(12-11-7)8-5-3-2-4-6-8/h2-6,12H,1H3,(H,10,11). The van der Waals surface area contributed by atoms with Crippen molar-refractivity contribution in [1.82, 2.24) is 10.8 Å². The summed E-state index contributed by atoms with van der Waals surface area (Å²) in [5, 5.41) is 3.07. The average Bonchev–Trinajstić information content (AvgIpc) is 2.54. The normalized spacial score (nSPS) is 15.8. The van der Waals surface area contributed by atoms with E-state index in [0.717, 1.165) is 5.84 Å². The van der Waals surface area contributed by atoms with Gasteiger partial charge in [0.05, 0.1) is 5.84 Å². The second kappa shape index (κ2) is 2.99. The molecule has 1 aliphatic rings. The van der Waals surface area contributed by atoms with E-state index in [1.807, 2.05) is 25.1 Å². The molecule has 0 saturated heterocycles. The van der Waals surface area contributed by atoms with Crippen molar-refractivity contribution in [2.45, 2.75) is 6.92 Å². The van der Waals surface area contributed by atoms with Crippen LogP contribution in [0.1, 0.15) is 6.92 Å². The fourth-order valence-corrected chi connectivity index (χ4v) is 1.22. The van der Waals surface area contributed by atoms with Crippen LogP contribution >= 0.6 is 0 Å². The van der Waals surface area contributed by atoms with E-state index in [1.54, 1.807) is 0 Å². The third kappa shape index (κ3) is 1.33. The summed E-state index contributed by atoms with van der Waals surface area (Å²) in [6.45, 7) is 2.02. The van der Waals surface area contributed by atoms with Gasteiger partial charge in [0.2, 0.25) is 0 Å². The van der Waals surface area contributed by atoms with Crippen molar-refractivity contribution in [3.05, 3.63) is 30.3 Å². The first-order chi connectivity index (χ1) is 5.86. The van der Waals surface area contributed by atoms with Gasteiger partial charge in [-0.3, -0.25) is 0 Å². The highest BCUT2D eigenvalue weighted by atomic mass is 15.4. The lowest BCUT2D eigenvalue weighted by atomic mass is 9.71. The molecule has 0 radical (unpaired) electrons. The molecular formula is C8H10BN3. The van der Waals surface area contributed by atoms with E-state index in [1.165, 1.54) is 5.46 Å². The number of nitrogens with one attached hydrogen (secondary N) is 2. The molecule has 1 aromatic rings. The molecule has 12 heavy (non-hydrogen) atoms. The van der Waals surface area contributed by atoms with Crippen LogP contribution in [0.2, 0.25) is 0 Å². The minimum absolute atomic E-state index is 0.0752. The summed E-state index contributed by atoms with van der Waals surface area (Å²) >= 11 is 0. The lowest BCUT2D eigenvalue weighted by Crippen LogP contribution is -2.45. The number of amidine groups is 1. The zero-order chi connectivity index (χ0) is 8.39. The molecule has 0 aromatic heterocycles. The molecule has 1 heterocycles. The van der Waals surface area contributed by atoms with E-state index in [2.05, 4.69) is 27.8 Å². The summed E-state index contributed by atoms with van der Waals surface area (Å²) in [7, 11) is 0. The molecule has 0 fully saturated rings. The minimum atomic E-state index is 0.0752. The first-order valence-electron chi connectivity index (χ1n) is 3.97. The van der Waals surface area contributed by atoms with Gasteiger partial charge in [-0.25, -0.2) is 5.34 Å². The van der Waals surface area contributed by atoms with Gasteiger partial charge in [0.25, 0.3) is 0 Å². The van der Waals surface area contributed by atoms with Crippen LogP contribution in [0.5, 0.6) is 0 Å². The smallest absolute Gasteiger partial charge is 0.319 e. The van der Waals surface area contributed by atoms with Gasteiger partial charge in [0, 0.05) is 0 Å². The number of rotatable bonds is 1. The van der Waals surface area contributed by atoms with Crippen LogP contribution in [-0.2, 0) is 0 Å². The molecule has 0 spiro atoms. The van der Waals surface area contributed by atoms with Gasteiger partial charge in [0.15, 0.2) is 0 Å². The SMILES string of the molecule is CC1=NB(c2ccccc2)NN1. The highest BCUT2D eigenvalue weighted by Gasteiger charge is 2.20. The summed E-state index contributed by atoms with van der Waals surface area (Å²) in [5.41, 5.74) is 4.15. The molecule has 0 unspecified atom stereocenters. The Kier molecular flexibility index (Phi) is 1.83. The number of nitrogens with zero attached hydrogens (tertiary/aromatic N) is 1. The summed E-state index contributed by atoms with van der Waals surface area (Å²) < 4.78 is 0. The van der Waals surface area contributed by atoms with Crippen molar-refractivity contribution in [2.24, 2.45) is 4.90 Å². The van der Waals surface area contributed by atoms with Crippen LogP contribution in [0.15, 0.2) is 35.2 Å². The second-order valence-corrected chi connectivity index (χ2v) is 2.80. The van der Waals surface area contributed by atoms with Crippen LogP contribution in [0.3, 0.4) is 0 Å². The maximum Gasteiger partial charge on any atom is 0.414 e. The van der Waals surface area contributed by atoms with Crippen molar-refractivity contribution < 1.29 is 0 Å². The van der Waals surface area contributed by atoms with Crippen LogP contribution in [0, 0.1) is 0 Å². The van der Waals surface area contributed by atoms with E-state index in [0.29, 0.717) is 0 Å². The third-order valence-electron chi connectivity index (χ3n) is 1.83. The van der Waals surface area contributed by atoms with Crippen molar-refractivity contribution in [3.63, 3.8) is 0 Å². The van der Waals surface area contributed by atoms with Gasteiger partial charge in [-0.1, -0.05) is 30.3 Å². The Morgan fingerprint density at radius 1 is 1.25 bits per heavy atom. The number of benzene rings is 1. The Balaban J connectivity index is 2.22. The van der Waals surface area contributed by atoms with Gasteiger partial charge >= 0.3 is 6.98 Å². The number of hydrogen-bond acceptors (Lipinski definition) is 3. The summed E-state index contributed by atoms with van der Waals surface area (Å²) in [5.74, 6) is 0.934. The predicted molar refractivity (Wildman–Crippen MR) is 51.2 cm³/mol. The Hall–Kier alpha value is -1.29. The van der Waals surface area contributed by atoms with E-state index < -0.39 is 0 Å². The molecule has 3 nitrogen and oxygen atoms in total. The molecular weight excluding hydrogens is 149 g/mol. The third-order valence-corrected chi connectivity index (χ3v) is 1.83. The molecule has 0 atom stereocenters. The maximum atomic E-state index is 4.35. The monoisotopic (exact) mass is 159 g/mol. The van der Waals surface area contributed by atoms with Gasteiger partial charge in [-0.15, -0.1) is 0 Å². The van der Waals surface area contributed by atoms with E-state index >= 15 is 0 Å². The van der Waals surface area contributed by atoms with Crippen molar-refractivity contribution in [2.75, 3.05) is 0 Å². The Bertz CT molecular complexity index is 296. The van der Waals surface area contributed by atoms with Crippen molar-refractivity contribution in [3.8, 4) is 0 Å². The molecule has 0 saturated carbocycles. The predicted octanol–water partition coefficient (Wildman–Crippen LogP) is -0.0920. The number of hydrazine groups is 1. The van der Waals surface area contributed by atoms with Gasteiger partial charge in [-0.05, 0) is 12.4 Å². The minimum Gasteiger partial charge on any atom is -0.319 e. The van der Waals surface area contributed by atoms with Crippen LogP contribution in [0.25, 0.3) is 0 Å². The van der Waals surface area contributed by atoms with Crippen LogP contribution in [-0.4, -0.2) is 12.8 Å². The molecule has 2 rings (SSSR count). The van der Waals surface area contributed by atoms with Crippen LogP contribution in [0.4, 0.5) is 0 Å². The fourth-order valence-electron chi connectivity index (χ4n) is 1.22. The first kappa shape index (κ1) is 7.37. The van der Waals surface area contributed by atoms with Crippen LogP contribution < -0.4 is 16.2 Å². The average molecular weight is 159 g/mol. The molecule has 0 amide bonds. The second-order valence-electron chi connectivity index (χ2n) is 2.80. The molecule has 1 aliphatic heterocycles. The van der Waals surface area contributed by atoms with Gasteiger partial charge in [0.1, 0.15) is 0 Å². The molecule has 1 aromatic carbocycles. The molecule has 0 aliphatic carbocycles. The summed E-state index contributed by atoms with van der Waals surface area (Å²) in [6.07, 6.45) is 0. The lowest BCUT2D eigenvalue weighted by molar-refractivity contribution is 0.916. The quantitative estimate of drug-likeness (QED) is 0.561. The summed E-state index contributed by atoms with van der Waals surface area (Å²) in [6, 6.07) is 10.1. The Labute approximate surface area is 72.0 Å². The molecule has 0 bridgehead atoms. The Morgan fingerprint density at radius 3 is 2.58 bits per heavy atom. The van der Waals surface area contributed by atoms with Gasteiger partial charge < -0.3 is 10.3 Å². The topological polar surface area (TPSA) is 36.4 Å². The lowest BCUT2D eigenvalue weighted by Gasteiger charge is -2.01. The molecule has 4 heteroatoms. The highest BCUT2D eigenvalue weighted by Crippen LogP contribution is 1.91. The van der Waals surface area contributed by atoms with Crippen molar-refractivity contribution in [1.29, 1.82) is 0 Å². The van der Waals surface area contributed by atoms with E-state index in [9.17, 15) is 0 Å². The van der Waals surface area contributed by atoms with E-state index in [-0.39, 0.29) is 6.98 Å². The van der Waals surface area contributed by atoms with Crippen molar-refractivity contribution >= 4 is 18.3 Å². The zero-order valence-electron chi connectivity index (χ0n) is 6.91. The highest BCUT2D eigenvalue weighted by molar-refractivity contribution is 6.71.